The molecule has 0 saturated heterocycles. The number of carbonyl (C=O) groups excluding carboxylic acids is 2. The lowest BCUT2D eigenvalue weighted by molar-refractivity contribution is -0.129. The van der Waals surface area contributed by atoms with Crippen LogP contribution in [0.2, 0.25) is 0 Å². The second-order valence-electron chi connectivity index (χ2n) is 5.37. The Balaban J connectivity index is 1.93. The van der Waals surface area contributed by atoms with Gasteiger partial charge in [0, 0.05) is 13.6 Å². The second kappa shape index (κ2) is 7.71. The summed E-state index contributed by atoms with van der Waals surface area (Å²) in [6.45, 7) is 4.04. The van der Waals surface area contributed by atoms with Crippen molar-refractivity contribution < 1.29 is 19.1 Å². The normalized spacial score (nSPS) is 16.1. The van der Waals surface area contributed by atoms with E-state index in [2.05, 4.69) is 21.9 Å². The van der Waals surface area contributed by atoms with Crippen molar-refractivity contribution >= 4 is 17.7 Å². The van der Waals surface area contributed by atoms with Crippen molar-refractivity contribution in [3.8, 4) is 5.75 Å². The lowest BCUT2D eigenvalue weighted by Crippen LogP contribution is -2.48. The molecular weight excluding hydrogens is 298 g/mol. The van der Waals surface area contributed by atoms with Gasteiger partial charge < -0.3 is 24.6 Å². The molecule has 2 rings (SSSR count). The number of amides is 2. The van der Waals surface area contributed by atoms with Gasteiger partial charge in [0.15, 0.2) is 0 Å². The molecule has 7 nitrogen and oxygen atoms in total. The van der Waals surface area contributed by atoms with E-state index >= 15 is 0 Å². The van der Waals surface area contributed by atoms with E-state index in [0.29, 0.717) is 6.54 Å². The van der Waals surface area contributed by atoms with E-state index in [0.717, 1.165) is 24.5 Å². The predicted molar refractivity (Wildman–Crippen MR) is 86.8 cm³/mol. The smallest absolute Gasteiger partial charge is 0.407 e. The zero-order chi connectivity index (χ0) is 16.8. The monoisotopic (exact) mass is 321 g/mol. The SMILES string of the molecule is CCN1CC(CN(C)C(=O)CNC(=O)OC)Oc2ccccc21. The van der Waals surface area contributed by atoms with E-state index in [1.807, 2.05) is 24.3 Å². The molecule has 1 atom stereocenters. The number of rotatable bonds is 5. The van der Waals surface area contributed by atoms with Gasteiger partial charge in [0.25, 0.3) is 0 Å². The number of nitrogens with zero attached hydrogens (tertiary/aromatic N) is 2. The fourth-order valence-electron chi connectivity index (χ4n) is 2.54. The van der Waals surface area contributed by atoms with E-state index < -0.39 is 6.09 Å². The van der Waals surface area contributed by atoms with Gasteiger partial charge in [0.1, 0.15) is 18.4 Å². The molecule has 23 heavy (non-hydrogen) atoms. The van der Waals surface area contributed by atoms with Crippen LogP contribution in [-0.2, 0) is 9.53 Å². The van der Waals surface area contributed by atoms with Gasteiger partial charge in [-0.15, -0.1) is 0 Å². The maximum Gasteiger partial charge on any atom is 0.407 e. The van der Waals surface area contributed by atoms with Gasteiger partial charge in [0.2, 0.25) is 5.91 Å². The molecule has 1 aromatic rings. The number of alkyl carbamates (subject to hydrolysis) is 1. The van der Waals surface area contributed by atoms with Crippen molar-refractivity contribution in [2.24, 2.45) is 0 Å². The number of hydrogen-bond donors (Lipinski definition) is 1. The minimum Gasteiger partial charge on any atom is -0.485 e. The number of fused-ring (bicyclic) bond motifs is 1. The molecule has 1 aromatic carbocycles. The number of anilines is 1. The number of carbonyl (C=O) groups is 2. The minimum absolute atomic E-state index is 0.0933. The van der Waals surface area contributed by atoms with Crippen molar-refractivity contribution in [2.45, 2.75) is 13.0 Å². The number of likely N-dealkylation sites (N-methyl/N-ethyl adjacent to an activating group) is 2. The number of ether oxygens (including phenoxy) is 2. The molecule has 1 aliphatic rings. The summed E-state index contributed by atoms with van der Waals surface area (Å²) < 4.78 is 10.4. The molecule has 0 aromatic heterocycles. The molecule has 7 heteroatoms. The van der Waals surface area contributed by atoms with Gasteiger partial charge in [-0.1, -0.05) is 12.1 Å². The number of para-hydroxylation sites is 2. The van der Waals surface area contributed by atoms with Crippen molar-refractivity contribution in [1.82, 2.24) is 10.2 Å². The molecule has 1 aliphatic heterocycles. The van der Waals surface area contributed by atoms with Gasteiger partial charge in [-0.2, -0.15) is 0 Å². The highest BCUT2D eigenvalue weighted by Gasteiger charge is 2.26. The lowest BCUT2D eigenvalue weighted by Gasteiger charge is -2.37. The highest BCUT2D eigenvalue weighted by Crippen LogP contribution is 2.32. The topological polar surface area (TPSA) is 71.1 Å². The van der Waals surface area contributed by atoms with E-state index in [4.69, 9.17) is 4.74 Å². The standard InChI is InChI=1S/C16H23N3O4/c1-4-19-11-12(23-14-8-6-5-7-13(14)19)10-18(2)15(20)9-17-16(21)22-3/h5-8,12H,4,9-11H2,1-3H3,(H,17,21). The highest BCUT2D eigenvalue weighted by atomic mass is 16.5. The Kier molecular flexibility index (Phi) is 5.67. The summed E-state index contributed by atoms with van der Waals surface area (Å²) >= 11 is 0. The zero-order valence-corrected chi connectivity index (χ0v) is 13.7. The molecule has 0 saturated carbocycles. The van der Waals surface area contributed by atoms with Crippen LogP contribution in [0.5, 0.6) is 5.75 Å². The van der Waals surface area contributed by atoms with Crippen LogP contribution >= 0.6 is 0 Å². The summed E-state index contributed by atoms with van der Waals surface area (Å²) in [5, 5.41) is 2.38. The molecule has 0 spiro atoms. The third-order valence-corrected chi connectivity index (χ3v) is 3.78. The molecular formula is C16H23N3O4. The predicted octanol–water partition coefficient (Wildman–Crippen LogP) is 1.09. The fraction of sp³-hybridized carbons (Fsp3) is 0.500. The molecule has 1 unspecified atom stereocenters. The summed E-state index contributed by atoms with van der Waals surface area (Å²) in [5.74, 6) is 0.639. The van der Waals surface area contributed by atoms with Crippen LogP contribution in [0.25, 0.3) is 0 Å². The molecule has 126 valence electrons. The Hall–Kier alpha value is -2.44. The van der Waals surface area contributed by atoms with Gasteiger partial charge in [-0.25, -0.2) is 4.79 Å². The average molecular weight is 321 g/mol. The van der Waals surface area contributed by atoms with E-state index in [1.165, 1.54) is 7.11 Å². The Morgan fingerprint density at radius 3 is 2.87 bits per heavy atom. The third-order valence-electron chi connectivity index (χ3n) is 3.78. The fourth-order valence-corrected chi connectivity index (χ4v) is 2.54. The molecule has 0 radical (unpaired) electrons. The minimum atomic E-state index is -0.619. The second-order valence-corrected chi connectivity index (χ2v) is 5.37. The lowest BCUT2D eigenvalue weighted by atomic mass is 10.2. The maximum atomic E-state index is 12.0. The number of hydrogen-bond acceptors (Lipinski definition) is 5. The van der Waals surface area contributed by atoms with Crippen molar-refractivity contribution in [2.75, 3.05) is 45.2 Å². The number of nitrogens with one attached hydrogen (secondary N) is 1. The zero-order valence-electron chi connectivity index (χ0n) is 13.7. The first kappa shape index (κ1) is 16.9. The van der Waals surface area contributed by atoms with Crippen LogP contribution in [0, 0.1) is 0 Å². The summed E-state index contributed by atoms with van der Waals surface area (Å²) in [4.78, 5) is 26.8. The van der Waals surface area contributed by atoms with Crippen LogP contribution < -0.4 is 15.0 Å². The number of benzene rings is 1. The van der Waals surface area contributed by atoms with Gasteiger partial charge in [0.05, 0.1) is 25.9 Å². The first-order chi connectivity index (χ1) is 11.0. The van der Waals surface area contributed by atoms with Crippen LogP contribution in [0.4, 0.5) is 10.5 Å². The van der Waals surface area contributed by atoms with Crippen LogP contribution in [0.15, 0.2) is 24.3 Å². The van der Waals surface area contributed by atoms with Crippen LogP contribution in [-0.4, -0.2) is 63.3 Å². The number of methoxy groups -OCH3 is 1. The van der Waals surface area contributed by atoms with E-state index in [9.17, 15) is 9.59 Å². The molecule has 1 heterocycles. The van der Waals surface area contributed by atoms with E-state index in [-0.39, 0.29) is 18.6 Å². The maximum absolute atomic E-state index is 12.0. The summed E-state index contributed by atoms with van der Waals surface area (Å²) in [6, 6.07) is 7.89. The Labute approximate surface area is 136 Å². The summed E-state index contributed by atoms with van der Waals surface area (Å²) in [5.41, 5.74) is 1.08. The largest absolute Gasteiger partial charge is 0.485 e. The van der Waals surface area contributed by atoms with Gasteiger partial charge >= 0.3 is 6.09 Å². The Morgan fingerprint density at radius 2 is 2.17 bits per heavy atom. The van der Waals surface area contributed by atoms with Gasteiger partial charge in [-0.05, 0) is 19.1 Å². The Morgan fingerprint density at radius 1 is 1.43 bits per heavy atom. The molecule has 2 amide bonds. The quantitative estimate of drug-likeness (QED) is 0.879. The molecule has 0 aliphatic carbocycles. The average Bonchev–Trinajstić information content (AvgIpc) is 2.58. The first-order valence-electron chi connectivity index (χ1n) is 7.61. The van der Waals surface area contributed by atoms with Crippen molar-refractivity contribution in [3.05, 3.63) is 24.3 Å². The van der Waals surface area contributed by atoms with Crippen LogP contribution in [0.3, 0.4) is 0 Å². The first-order valence-corrected chi connectivity index (χ1v) is 7.61. The van der Waals surface area contributed by atoms with Crippen LogP contribution in [0.1, 0.15) is 6.92 Å². The van der Waals surface area contributed by atoms with Crippen molar-refractivity contribution in [1.29, 1.82) is 0 Å². The molecule has 0 fully saturated rings. The van der Waals surface area contributed by atoms with Gasteiger partial charge in [-0.3, -0.25) is 4.79 Å². The van der Waals surface area contributed by atoms with E-state index in [1.54, 1.807) is 11.9 Å². The molecule has 1 N–H and O–H groups in total. The highest BCUT2D eigenvalue weighted by molar-refractivity contribution is 5.82. The van der Waals surface area contributed by atoms with Crippen molar-refractivity contribution in [3.63, 3.8) is 0 Å². The summed E-state index contributed by atoms with van der Waals surface area (Å²) in [7, 11) is 2.96. The molecule has 0 bridgehead atoms. The Bertz CT molecular complexity index is 564. The summed E-state index contributed by atoms with van der Waals surface area (Å²) in [6.07, 6.45) is -0.733. The third kappa shape index (κ3) is 4.28.